The van der Waals surface area contributed by atoms with Crippen molar-refractivity contribution in [1.29, 1.82) is 0 Å². The number of hydrogen-bond acceptors (Lipinski definition) is 1. The average molecular weight is 201 g/mol. The van der Waals surface area contributed by atoms with Crippen LogP contribution in [0.2, 0.25) is 0 Å². The summed E-state index contributed by atoms with van der Waals surface area (Å²) >= 11 is 0. The van der Waals surface area contributed by atoms with Crippen LogP contribution in [0.15, 0.2) is 18.2 Å². The van der Waals surface area contributed by atoms with Crippen LogP contribution in [-0.4, -0.2) is 5.92 Å². The quantitative estimate of drug-likeness (QED) is 0.694. The highest BCUT2D eigenvalue weighted by Crippen LogP contribution is 2.61. The van der Waals surface area contributed by atoms with Crippen LogP contribution >= 0.6 is 0 Å². The van der Waals surface area contributed by atoms with Gasteiger partial charge in [0.1, 0.15) is 5.82 Å². The SMILES string of the molecule is CC1(c2ccc(F)c(N)c2)CC1(F)F. The first-order valence-electron chi connectivity index (χ1n) is 4.30. The fourth-order valence-corrected chi connectivity index (χ4v) is 1.60. The maximum Gasteiger partial charge on any atom is 0.258 e. The number of rotatable bonds is 1. The molecule has 0 bridgehead atoms. The molecule has 1 atom stereocenters. The normalized spacial score (nSPS) is 28.9. The second-order valence-corrected chi connectivity index (χ2v) is 3.95. The molecular formula is C10H10F3N. The number of halogens is 3. The molecule has 0 radical (unpaired) electrons. The summed E-state index contributed by atoms with van der Waals surface area (Å²) in [5.74, 6) is -3.25. The Hall–Kier alpha value is -1.19. The van der Waals surface area contributed by atoms with Gasteiger partial charge in [0.05, 0.1) is 11.1 Å². The van der Waals surface area contributed by atoms with Crippen molar-refractivity contribution >= 4 is 5.69 Å². The second-order valence-electron chi connectivity index (χ2n) is 3.95. The molecule has 2 N–H and O–H groups in total. The molecule has 0 aromatic heterocycles. The Bertz CT molecular complexity index is 389. The fraction of sp³-hybridized carbons (Fsp3) is 0.400. The van der Waals surface area contributed by atoms with Gasteiger partial charge in [0.15, 0.2) is 0 Å². The van der Waals surface area contributed by atoms with Gasteiger partial charge < -0.3 is 5.73 Å². The van der Waals surface area contributed by atoms with Gasteiger partial charge in [-0.25, -0.2) is 13.2 Å². The number of hydrogen-bond donors (Lipinski definition) is 1. The molecule has 4 heteroatoms. The van der Waals surface area contributed by atoms with Gasteiger partial charge in [-0.1, -0.05) is 6.07 Å². The van der Waals surface area contributed by atoms with Gasteiger partial charge in [0.25, 0.3) is 5.92 Å². The van der Waals surface area contributed by atoms with Gasteiger partial charge in [-0.15, -0.1) is 0 Å². The Morgan fingerprint density at radius 3 is 2.36 bits per heavy atom. The Balaban J connectivity index is 2.40. The largest absolute Gasteiger partial charge is 0.396 e. The molecule has 1 unspecified atom stereocenters. The van der Waals surface area contributed by atoms with Gasteiger partial charge in [0.2, 0.25) is 0 Å². The molecule has 76 valence electrons. The van der Waals surface area contributed by atoms with Crippen molar-refractivity contribution in [2.24, 2.45) is 0 Å². The Kier molecular flexibility index (Phi) is 1.63. The second kappa shape index (κ2) is 2.43. The van der Waals surface area contributed by atoms with Crippen molar-refractivity contribution in [3.05, 3.63) is 29.6 Å². The third-order valence-electron chi connectivity index (χ3n) is 2.89. The van der Waals surface area contributed by atoms with Crippen molar-refractivity contribution in [1.82, 2.24) is 0 Å². The summed E-state index contributed by atoms with van der Waals surface area (Å²) in [5, 5.41) is 0. The first-order chi connectivity index (χ1) is 6.37. The lowest BCUT2D eigenvalue weighted by molar-refractivity contribution is 0.0920. The molecule has 0 saturated heterocycles. The zero-order valence-electron chi connectivity index (χ0n) is 7.65. The van der Waals surface area contributed by atoms with E-state index in [0.717, 1.165) is 6.07 Å². The van der Waals surface area contributed by atoms with Crippen molar-refractivity contribution < 1.29 is 13.2 Å². The summed E-state index contributed by atoms with van der Waals surface area (Å²) in [4.78, 5) is 0. The summed E-state index contributed by atoms with van der Waals surface area (Å²) < 4.78 is 38.7. The van der Waals surface area contributed by atoms with Crippen LogP contribution in [0.4, 0.5) is 18.9 Å². The van der Waals surface area contributed by atoms with E-state index in [4.69, 9.17) is 5.73 Å². The third kappa shape index (κ3) is 1.10. The average Bonchev–Trinajstić information content (AvgIpc) is 2.58. The van der Waals surface area contributed by atoms with Gasteiger partial charge in [-0.2, -0.15) is 0 Å². The first kappa shape index (κ1) is 9.37. The maximum atomic E-state index is 13.0. The van der Waals surface area contributed by atoms with Crippen LogP contribution in [0.3, 0.4) is 0 Å². The van der Waals surface area contributed by atoms with E-state index in [9.17, 15) is 13.2 Å². The predicted octanol–water partition coefficient (Wildman–Crippen LogP) is 2.70. The van der Waals surface area contributed by atoms with E-state index in [1.165, 1.54) is 19.1 Å². The zero-order chi connectivity index (χ0) is 10.6. The Morgan fingerprint density at radius 2 is 1.93 bits per heavy atom. The summed E-state index contributed by atoms with van der Waals surface area (Å²) in [5.41, 5.74) is 4.48. The van der Waals surface area contributed by atoms with Crippen LogP contribution in [0.1, 0.15) is 18.9 Å². The van der Waals surface area contributed by atoms with Gasteiger partial charge >= 0.3 is 0 Å². The summed E-state index contributed by atoms with van der Waals surface area (Å²) in [6, 6.07) is 3.78. The standard InChI is InChI=1S/C10H10F3N/c1-9(5-10(9,12)13)6-2-3-7(11)8(14)4-6/h2-4H,5,14H2,1H3. The molecule has 1 aliphatic rings. The molecule has 1 saturated carbocycles. The topological polar surface area (TPSA) is 26.0 Å². The minimum absolute atomic E-state index is 0.0774. The van der Waals surface area contributed by atoms with E-state index < -0.39 is 17.2 Å². The minimum atomic E-state index is -2.68. The van der Waals surface area contributed by atoms with Crippen LogP contribution in [0, 0.1) is 5.82 Å². The molecule has 1 aromatic carbocycles. The van der Waals surface area contributed by atoms with Gasteiger partial charge in [0, 0.05) is 6.42 Å². The van der Waals surface area contributed by atoms with Gasteiger partial charge in [-0.3, -0.25) is 0 Å². The molecular weight excluding hydrogens is 191 g/mol. The molecule has 1 nitrogen and oxygen atoms in total. The van der Waals surface area contributed by atoms with Crippen molar-refractivity contribution in [2.45, 2.75) is 24.7 Å². The number of alkyl halides is 2. The molecule has 1 aliphatic carbocycles. The number of nitrogens with two attached hydrogens (primary N) is 1. The molecule has 14 heavy (non-hydrogen) atoms. The van der Waals surface area contributed by atoms with E-state index in [0.29, 0.717) is 5.56 Å². The molecule has 0 aliphatic heterocycles. The van der Waals surface area contributed by atoms with Crippen LogP contribution in [-0.2, 0) is 5.41 Å². The minimum Gasteiger partial charge on any atom is -0.396 e. The molecule has 0 heterocycles. The molecule has 2 rings (SSSR count). The van der Waals surface area contributed by atoms with Crippen molar-refractivity contribution in [2.75, 3.05) is 5.73 Å². The molecule has 0 spiro atoms. The van der Waals surface area contributed by atoms with Crippen molar-refractivity contribution in [3.63, 3.8) is 0 Å². The lowest BCUT2D eigenvalue weighted by atomic mass is 9.97. The lowest BCUT2D eigenvalue weighted by Crippen LogP contribution is -2.12. The summed E-state index contributed by atoms with van der Waals surface area (Å²) in [6.45, 7) is 1.46. The highest BCUT2D eigenvalue weighted by molar-refractivity contribution is 5.48. The summed E-state index contributed by atoms with van der Waals surface area (Å²) in [7, 11) is 0. The highest BCUT2D eigenvalue weighted by Gasteiger charge is 2.68. The molecule has 0 amide bonds. The first-order valence-corrected chi connectivity index (χ1v) is 4.30. The van der Waals surface area contributed by atoms with E-state index in [-0.39, 0.29) is 12.1 Å². The zero-order valence-corrected chi connectivity index (χ0v) is 7.65. The highest BCUT2D eigenvalue weighted by atomic mass is 19.3. The molecule has 1 fully saturated rings. The van der Waals surface area contributed by atoms with E-state index in [1.807, 2.05) is 0 Å². The number of nitrogen functional groups attached to an aromatic ring is 1. The van der Waals surface area contributed by atoms with Gasteiger partial charge in [-0.05, 0) is 24.6 Å². The Labute approximate surface area is 79.7 Å². The number of benzene rings is 1. The lowest BCUT2D eigenvalue weighted by Gasteiger charge is -2.11. The van der Waals surface area contributed by atoms with Crippen LogP contribution in [0.5, 0.6) is 0 Å². The van der Waals surface area contributed by atoms with Crippen molar-refractivity contribution in [3.8, 4) is 0 Å². The van der Waals surface area contributed by atoms with Crippen LogP contribution in [0.25, 0.3) is 0 Å². The third-order valence-corrected chi connectivity index (χ3v) is 2.89. The summed E-state index contributed by atoms with van der Waals surface area (Å²) in [6.07, 6.45) is -0.189. The van der Waals surface area contributed by atoms with Crippen LogP contribution < -0.4 is 5.73 Å². The number of anilines is 1. The van der Waals surface area contributed by atoms with E-state index in [1.54, 1.807) is 0 Å². The maximum absolute atomic E-state index is 13.0. The van der Waals surface area contributed by atoms with E-state index >= 15 is 0 Å². The smallest absolute Gasteiger partial charge is 0.258 e. The monoisotopic (exact) mass is 201 g/mol. The van der Waals surface area contributed by atoms with E-state index in [2.05, 4.69) is 0 Å². The predicted molar refractivity (Wildman–Crippen MR) is 47.7 cm³/mol. The fourth-order valence-electron chi connectivity index (χ4n) is 1.60. The molecule has 1 aromatic rings. The Morgan fingerprint density at radius 1 is 1.36 bits per heavy atom.